The number of amides is 1. The molecule has 2 heterocycles. The molecule has 1 aliphatic rings. The van der Waals surface area contributed by atoms with E-state index < -0.39 is 23.5 Å². The highest BCUT2D eigenvalue weighted by Crippen LogP contribution is 2.41. The summed E-state index contributed by atoms with van der Waals surface area (Å²) in [6.45, 7) is 7.13. The zero-order chi connectivity index (χ0) is 24.4. The Bertz CT molecular complexity index is 1230. The van der Waals surface area contributed by atoms with Gasteiger partial charge in [0.15, 0.2) is 11.5 Å². The Morgan fingerprint density at radius 2 is 1.82 bits per heavy atom. The van der Waals surface area contributed by atoms with E-state index in [9.17, 15) is 14.7 Å². The lowest BCUT2D eigenvalue weighted by molar-refractivity contribution is -0.129. The maximum atomic E-state index is 13.6. The van der Waals surface area contributed by atoms with Gasteiger partial charge in [0.2, 0.25) is 5.78 Å². The smallest absolute Gasteiger partial charge is 0.290 e. The minimum Gasteiger partial charge on any atom is -0.503 e. The third kappa shape index (κ3) is 4.58. The van der Waals surface area contributed by atoms with Crippen molar-refractivity contribution in [1.29, 1.82) is 0 Å². The van der Waals surface area contributed by atoms with Crippen LogP contribution in [-0.4, -0.2) is 52.8 Å². The second-order valence-corrected chi connectivity index (χ2v) is 9.01. The number of benzene rings is 2. The molecule has 2 aromatic carbocycles. The first-order chi connectivity index (χ1) is 16.3. The number of fused-ring (bicyclic) bond motifs is 1. The molecule has 34 heavy (non-hydrogen) atoms. The maximum absolute atomic E-state index is 13.6. The number of para-hydroxylation sites is 1. The van der Waals surface area contributed by atoms with Crippen molar-refractivity contribution >= 4 is 45.9 Å². The fourth-order valence-electron chi connectivity index (χ4n) is 4.38. The summed E-state index contributed by atoms with van der Waals surface area (Å²) < 4.78 is 5.75. The van der Waals surface area contributed by atoms with E-state index in [1.54, 1.807) is 30.3 Å². The average Bonchev–Trinajstić information content (AvgIpc) is 3.38. The van der Waals surface area contributed by atoms with Crippen molar-refractivity contribution in [2.45, 2.75) is 26.3 Å². The van der Waals surface area contributed by atoms with Crippen molar-refractivity contribution in [3.8, 4) is 0 Å². The molecule has 0 spiro atoms. The number of aliphatic hydroxyl groups excluding tert-OH is 1. The van der Waals surface area contributed by atoms with E-state index in [-0.39, 0.29) is 11.3 Å². The highest BCUT2D eigenvalue weighted by molar-refractivity contribution is 6.42. The van der Waals surface area contributed by atoms with Crippen LogP contribution in [0, 0.1) is 0 Å². The van der Waals surface area contributed by atoms with Gasteiger partial charge in [0.25, 0.3) is 5.91 Å². The van der Waals surface area contributed by atoms with Gasteiger partial charge in [-0.2, -0.15) is 0 Å². The van der Waals surface area contributed by atoms with Crippen LogP contribution in [0.1, 0.15) is 42.4 Å². The highest BCUT2D eigenvalue weighted by Gasteiger charge is 2.44. The molecule has 0 fully saturated rings. The Morgan fingerprint density at radius 3 is 2.50 bits per heavy atom. The van der Waals surface area contributed by atoms with E-state index in [2.05, 4.69) is 18.7 Å². The SMILES string of the molecule is CCN(CC)CCCN1C(=O)C(O)=C(C(=O)c2cc3ccccc3o2)C1c1ccc(Cl)c(Cl)c1. The number of nitrogens with zero attached hydrogens (tertiary/aromatic N) is 2. The van der Waals surface area contributed by atoms with E-state index in [1.807, 2.05) is 18.2 Å². The normalized spacial score (nSPS) is 16.3. The fraction of sp³-hybridized carbons (Fsp3) is 0.308. The van der Waals surface area contributed by atoms with Crippen LogP contribution < -0.4 is 0 Å². The summed E-state index contributed by atoms with van der Waals surface area (Å²) in [6.07, 6.45) is 0.685. The van der Waals surface area contributed by atoms with Gasteiger partial charge in [-0.25, -0.2) is 0 Å². The molecule has 8 heteroatoms. The standard InChI is InChI=1S/C26H26Cl2N2O4/c1-3-29(4-2)12-7-13-30-23(17-10-11-18(27)19(28)14-17)22(25(32)26(30)33)24(31)21-15-16-8-5-6-9-20(16)34-21/h5-6,8-11,14-15,23,32H,3-4,7,12-13H2,1-2H3. The van der Waals surface area contributed by atoms with E-state index in [4.69, 9.17) is 27.6 Å². The summed E-state index contributed by atoms with van der Waals surface area (Å²) in [5, 5.41) is 12.3. The van der Waals surface area contributed by atoms with Gasteiger partial charge in [-0.1, -0.05) is 61.3 Å². The molecule has 0 bridgehead atoms. The molecule has 3 aromatic rings. The van der Waals surface area contributed by atoms with E-state index in [0.29, 0.717) is 34.2 Å². The van der Waals surface area contributed by atoms with Crippen molar-refractivity contribution < 1.29 is 19.1 Å². The Hall–Kier alpha value is -2.80. The van der Waals surface area contributed by atoms with Crippen molar-refractivity contribution in [2.24, 2.45) is 0 Å². The summed E-state index contributed by atoms with van der Waals surface area (Å²) in [6, 6.07) is 13.0. The number of aliphatic hydroxyl groups is 1. The molecule has 1 N–H and O–H groups in total. The van der Waals surface area contributed by atoms with Crippen LogP contribution in [0.4, 0.5) is 0 Å². The van der Waals surface area contributed by atoms with Crippen LogP contribution in [0.25, 0.3) is 11.0 Å². The molecule has 1 amide bonds. The van der Waals surface area contributed by atoms with Crippen LogP contribution in [0.15, 0.2) is 64.3 Å². The van der Waals surface area contributed by atoms with Crippen LogP contribution in [0.3, 0.4) is 0 Å². The molecule has 1 aromatic heterocycles. The van der Waals surface area contributed by atoms with Crippen molar-refractivity contribution in [3.63, 3.8) is 0 Å². The predicted octanol–water partition coefficient (Wildman–Crippen LogP) is 6.05. The third-order valence-corrected chi connectivity index (χ3v) is 6.96. The summed E-state index contributed by atoms with van der Waals surface area (Å²) in [4.78, 5) is 30.5. The first-order valence-electron chi connectivity index (χ1n) is 11.3. The van der Waals surface area contributed by atoms with E-state index in [0.717, 1.165) is 25.0 Å². The van der Waals surface area contributed by atoms with Gasteiger partial charge in [-0.15, -0.1) is 0 Å². The lowest BCUT2D eigenvalue weighted by Gasteiger charge is -2.28. The number of hydrogen-bond donors (Lipinski definition) is 1. The predicted molar refractivity (Wildman–Crippen MR) is 134 cm³/mol. The van der Waals surface area contributed by atoms with Gasteiger partial charge >= 0.3 is 0 Å². The minimum atomic E-state index is -0.806. The quantitative estimate of drug-likeness (QED) is 0.362. The van der Waals surface area contributed by atoms with Crippen LogP contribution in [0.2, 0.25) is 10.0 Å². The molecule has 4 rings (SSSR count). The second-order valence-electron chi connectivity index (χ2n) is 8.19. The van der Waals surface area contributed by atoms with Crippen LogP contribution in [-0.2, 0) is 4.79 Å². The van der Waals surface area contributed by atoms with E-state index in [1.165, 1.54) is 4.90 Å². The van der Waals surface area contributed by atoms with Crippen molar-refractivity contribution in [1.82, 2.24) is 9.80 Å². The topological polar surface area (TPSA) is 74.0 Å². The van der Waals surface area contributed by atoms with Crippen molar-refractivity contribution in [3.05, 3.63) is 81.2 Å². The fourth-order valence-corrected chi connectivity index (χ4v) is 4.68. The highest BCUT2D eigenvalue weighted by atomic mass is 35.5. The lowest BCUT2D eigenvalue weighted by atomic mass is 9.95. The third-order valence-electron chi connectivity index (χ3n) is 6.22. The minimum absolute atomic E-state index is 0.0229. The number of halogens is 2. The monoisotopic (exact) mass is 500 g/mol. The molecule has 0 aliphatic carbocycles. The second kappa shape index (κ2) is 10.2. The number of carbonyl (C=O) groups is 2. The Morgan fingerprint density at radius 1 is 1.09 bits per heavy atom. The molecule has 178 valence electrons. The summed E-state index contributed by atoms with van der Waals surface area (Å²) in [7, 11) is 0. The number of hydrogen-bond acceptors (Lipinski definition) is 5. The number of ketones is 1. The lowest BCUT2D eigenvalue weighted by Crippen LogP contribution is -2.34. The maximum Gasteiger partial charge on any atom is 0.290 e. The molecule has 1 aliphatic heterocycles. The molecular formula is C26H26Cl2N2O4. The van der Waals surface area contributed by atoms with Crippen molar-refractivity contribution in [2.75, 3.05) is 26.2 Å². The zero-order valence-electron chi connectivity index (χ0n) is 19.1. The summed E-state index contributed by atoms with van der Waals surface area (Å²) in [5.74, 6) is -1.63. The zero-order valence-corrected chi connectivity index (χ0v) is 20.6. The molecule has 1 atom stereocenters. The summed E-state index contributed by atoms with van der Waals surface area (Å²) >= 11 is 12.4. The molecule has 6 nitrogen and oxygen atoms in total. The van der Waals surface area contributed by atoms with Crippen LogP contribution >= 0.6 is 23.2 Å². The Labute approximate surface area is 208 Å². The summed E-state index contributed by atoms with van der Waals surface area (Å²) in [5.41, 5.74) is 1.12. The van der Waals surface area contributed by atoms with Gasteiger partial charge in [0.05, 0.1) is 21.7 Å². The van der Waals surface area contributed by atoms with E-state index >= 15 is 0 Å². The molecule has 1 unspecified atom stereocenters. The molecule has 0 saturated carbocycles. The molecule has 0 saturated heterocycles. The first kappa shape index (κ1) is 24.3. The number of rotatable bonds is 9. The van der Waals surface area contributed by atoms with Gasteiger partial charge in [-0.05, 0) is 55.9 Å². The number of carbonyl (C=O) groups excluding carboxylic acids is 2. The van der Waals surface area contributed by atoms with Gasteiger partial charge in [-0.3, -0.25) is 9.59 Å². The Balaban J connectivity index is 1.72. The van der Waals surface area contributed by atoms with Crippen LogP contribution in [0.5, 0.6) is 0 Å². The van der Waals surface area contributed by atoms with Gasteiger partial charge in [0.1, 0.15) is 5.58 Å². The largest absolute Gasteiger partial charge is 0.503 e. The average molecular weight is 501 g/mol. The Kier molecular flexibility index (Phi) is 7.31. The van der Waals surface area contributed by atoms with Gasteiger partial charge < -0.3 is 19.3 Å². The molecule has 0 radical (unpaired) electrons. The molecular weight excluding hydrogens is 475 g/mol. The van der Waals surface area contributed by atoms with Gasteiger partial charge in [0, 0.05) is 11.9 Å². The number of furan rings is 1. The first-order valence-corrected chi connectivity index (χ1v) is 12.1. The number of Topliss-reactive ketones (excluding diaryl/α,β-unsaturated/α-hetero) is 1.